The summed E-state index contributed by atoms with van der Waals surface area (Å²) in [5, 5.41) is 12.9. The molecule has 7 nitrogen and oxygen atoms in total. The Morgan fingerprint density at radius 1 is 1.61 bits per heavy atom. The van der Waals surface area contributed by atoms with E-state index in [-0.39, 0.29) is 18.6 Å². The van der Waals surface area contributed by atoms with Crippen LogP contribution in [0.4, 0.5) is 0 Å². The van der Waals surface area contributed by atoms with E-state index in [0.29, 0.717) is 44.3 Å². The number of carbonyl (C=O) groups excluding carboxylic acids is 1. The van der Waals surface area contributed by atoms with Gasteiger partial charge in [-0.1, -0.05) is 5.16 Å². The van der Waals surface area contributed by atoms with Crippen LogP contribution in [0.5, 0.6) is 0 Å². The largest absolute Gasteiger partial charge is 0.394 e. The number of rotatable bonds is 4. The number of carbonyl (C=O) groups is 1. The number of hydrogen-bond acceptors (Lipinski definition) is 6. The van der Waals surface area contributed by atoms with Crippen molar-refractivity contribution in [2.75, 3.05) is 26.4 Å². The van der Waals surface area contributed by atoms with Gasteiger partial charge in [0.15, 0.2) is 5.82 Å². The standard InChI is InChI=1S/C11H17N3O4/c1-8-12-10(18-13-8)2-3-11(16)14-4-5-17-7-9(14)6-15/h9,15H,2-7H2,1H3. The van der Waals surface area contributed by atoms with E-state index in [9.17, 15) is 9.90 Å². The number of aliphatic hydroxyl groups excluding tert-OH is 1. The lowest BCUT2D eigenvalue weighted by atomic mass is 10.2. The number of nitrogens with zero attached hydrogens (tertiary/aromatic N) is 3. The summed E-state index contributed by atoms with van der Waals surface area (Å²) in [6, 6.07) is -0.240. The second-order valence-electron chi connectivity index (χ2n) is 4.23. The fraction of sp³-hybridized carbons (Fsp3) is 0.727. The van der Waals surface area contributed by atoms with Crippen molar-refractivity contribution in [1.29, 1.82) is 0 Å². The number of hydrogen-bond donors (Lipinski definition) is 1. The molecular formula is C11H17N3O4. The molecule has 0 aliphatic carbocycles. The highest BCUT2D eigenvalue weighted by atomic mass is 16.5. The van der Waals surface area contributed by atoms with Crippen molar-refractivity contribution in [3.63, 3.8) is 0 Å². The first-order valence-corrected chi connectivity index (χ1v) is 5.98. The van der Waals surface area contributed by atoms with Gasteiger partial charge in [-0.25, -0.2) is 0 Å². The van der Waals surface area contributed by atoms with E-state index in [4.69, 9.17) is 9.26 Å². The maximum atomic E-state index is 12.0. The van der Waals surface area contributed by atoms with Gasteiger partial charge in [0.1, 0.15) is 0 Å². The zero-order chi connectivity index (χ0) is 13.0. The topological polar surface area (TPSA) is 88.7 Å². The first-order chi connectivity index (χ1) is 8.70. The Morgan fingerprint density at radius 3 is 3.11 bits per heavy atom. The lowest BCUT2D eigenvalue weighted by molar-refractivity contribution is -0.141. The highest BCUT2D eigenvalue weighted by molar-refractivity contribution is 5.76. The monoisotopic (exact) mass is 255 g/mol. The summed E-state index contributed by atoms with van der Waals surface area (Å²) in [5.74, 6) is 1.01. The summed E-state index contributed by atoms with van der Waals surface area (Å²) in [6.07, 6.45) is 0.729. The molecule has 1 saturated heterocycles. The SMILES string of the molecule is Cc1noc(CCC(=O)N2CCOCC2CO)n1. The molecule has 1 atom stereocenters. The van der Waals surface area contributed by atoms with Crippen LogP contribution >= 0.6 is 0 Å². The first kappa shape index (κ1) is 13.0. The minimum Gasteiger partial charge on any atom is -0.394 e. The molecule has 1 fully saturated rings. The quantitative estimate of drug-likeness (QED) is 0.782. The number of morpholine rings is 1. The second kappa shape index (κ2) is 5.92. The van der Waals surface area contributed by atoms with E-state index < -0.39 is 0 Å². The highest BCUT2D eigenvalue weighted by Gasteiger charge is 2.26. The van der Waals surface area contributed by atoms with E-state index in [0.717, 1.165) is 0 Å². The van der Waals surface area contributed by atoms with Gasteiger partial charge in [0, 0.05) is 19.4 Å². The highest BCUT2D eigenvalue weighted by Crippen LogP contribution is 2.10. The van der Waals surface area contributed by atoms with Gasteiger partial charge in [0.05, 0.1) is 25.9 Å². The third-order valence-corrected chi connectivity index (χ3v) is 2.88. The Morgan fingerprint density at radius 2 is 2.44 bits per heavy atom. The zero-order valence-electron chi connectivity index (χ0n) is 10.3. The van der Waals surface area contributed by atoms with Crippen molar-refractivity contribution in [2.45, 2.75) is 25.8 Å². The molecule has 18 heavy (non-hydrogen) atoms. The van der Waals surface area contributed by atoms with Crippen molar-refractivity contribution < 1.29 is 19.2 Å². The summed E-state index contributed by atoms with van der Waals surface area (Å²) < 4.78 is 10.2. The summed E-state index contributed by atoms with van der Waals surface area (Å²) in [5.41, 5.74) is 0. The van der Waals surface area contributed by atoms with Gasteiger partial charge in [-0.2, -0.15) is 4.98 Å². The van der Waals surface area contributed by atoms with E-state index in [1.165, 1.54) is 0 Å². The summed E-state index contributed by atoms with van der Waals surface area (Å²) in [6.45, 7) is 3.08. The fourth-order valence-electron chi connectivity index (χ4n) is 1.93. The minimum absolute atomic E-state index is 0.0202. The van der Waals surface area contributed by atoms with E-state index in [1.54, 1.807) is 11.8 Å². The first-order valence-electron chi connectivity index (χ1n) is 5.98. The Bertz CT molecular complexity index is 407. The predicted molar refractivity (Wildman–Crippen MR) is 60.8 cm³/mol. The number of aliphatic hydroxyl groups is 1. The van der Waals surface area contributed by atoms with Crippen LogP contribution < -0.4 is 0 Å². The molecule has 100 valence electrons. The molecule has 0 radical (unpaired) electrons. The Labute approximate surface area is 105 Å². The molecule has 0 bridgehead atoms. The Hall–Kier alpha value is -1.47. The van der Waals surface area contributed by atoms with Crippen LogP contribution in [-0.4, -0.2) is 58.5 Å². The summed E-state index contributed by atoms with van der Waals surface area (Å²) in [4.78, 5) is 17.7. The molecule has 1 unspecified atom stereocenters. The molecule has 1 N–H and O–H groups in total. The molecule has 0 aromatic carbocycles. The van der Waals surface area contributed by atoms with Crippen molar-refractivity contribution in [3.8, 4) is 0 Å². The molecule has 7 heteroatoms. The van der Waals surface area contributed by atoms with Gasteiger partial charge >= 0.3 is 0 Å². The fourth-order valence-corrected chi connectivity index (χ4v) is 1.93. The van der Waals surface area contributed by atoms with E-state index in [1.807, 2.05) is 0 Å². The van der Waals surface area contributed by atoms with E-state index in [2.05, 4.69) is 10.1 Å². The van der Waals surface area contributed by atoms with Gasteiger partial charge in [0.25, 0.3) is 0 Å². The molecule has 1 aromatic rings. The van der Waals surface area contributed by atoms with Crippen LogP contribution in [0, 0.1) is 6.92 Å². The lowest BCUT2D eigenvalue weighted by Crippen LogP contribution is -2.50. The molecule has 0 spiro atoms. The van der Waals surface area contributed by atoms with Crippen LogP contribution in [-0.2, 0) is 16.0 Å². The smallest absolute Gasteiger partial charge is 0.227 e. The molecule has 1 amide bonds. The normalized spacial score (nSPS) is 20.1. The van der Waals surface area contributed by atoms with Crippen molar-refractivity contribution >= 4 is 5.91 Å². The molecular weight excluding hydrogens is 238 g/mol. The molecule has 0 saturated carbocycles. The molecule has 1 aliphatic heterocycles. The summed E-state index contributed by atoms with van der Waals surface area (Å²) in [7, 11) is 0. The van der Waals surface area contributed by atoms with Crippen LogP contribution in [0.15, 0.2) is 4.52 Å². The Kier molecular flexibility index (Phi) is 4.27. The van der Waals surface area contributed by atoms with Gasteiger partial charge < -0.3 is 19.3 Å². The van der Waals surface area contributed by atoms with Gasteiger partial charge in [-0.05, 0) is 6.92 Å². The van der Waals surface area contributed by atoms with Crippen LogP contribution in [0.1, 0.15) is 18.1 Å². The van der Waals surface area contributed by atoms with E-state index >= 15 is 0 Å². The third kappa shape index (κ3) is 3.05. The maximum Gasteiger partial charge on any atom is 0.227 e. The second-order valence-corrected chi connectivity index (χ2v) is 4.23. The Balaban J connectivity index is 1.86. The number of aromatic nitrogens is 2. The van der Waals surface area contributed by atoms with Gasteiger partial charge in [-0.3, -0.25) is 4.79 Å². The molecule has 2 rings (SSSR count). The van der Waals surface area contributed by atoms with Crippen molar-refractivity contribution in [3.05, 3.63) is 11.7 Å². The average Bonchev–Trinajstić information content (AvgIpc) is 2.81. The maximum absolute atomic E-state index is 12.0. The van der Waals surface area contributed by atoms with Crippen LogP contribution in [0.25, 0.3) is 0 Å². The minimum atomic E-state index is -0.240. The summed E-state index contributed by atoms with van der Waals surface area (Å²) >= 11 is 0. The molecule has 2 heterocycles. The molecule has 1 aromatic heterocycles. The number of ether oxygens (including phenoxy) is 1. The molecule has 1 aliphatic rings. The zero-order valence-corrected chi connectivity index (χ0v) is 10.3. The van der Waals surface area contributed by atoms with Crippen LogP contribution in [0.3, 0.4) is 0 Å². The van der Waals surface area contributed by atoms with Crippen molar-refractivity contribution in [1.82, 2.24) is 15.0 Å². The number of amides is 1. The van der Waals surface area contributed by atoms with Gasteiger partial charge in [0.2, 0.25) is 11.8 Å². The number of aryl methyl sites for hydroxylation is 2. The van der Waals surface area contributed by atoms with Gasteiger partial charge in [-0.15, -0.1) is 0 Å². The third-order valence-electron chi connectivity index (χ3n) is 2.88. The predicted octanol–water partition coefficient (Wildman–Crippen LogP) is -0.470. The van der Waals surface area contributed by atoms with Crippen molar-refractivity contribution in [2.24, 2.45) is 0 Å². The lowest BCUT2D eigenvalue weighted by Gasteiger charge is -2.34. The average molecular weight is 255 g/mol. The van der Waals surface area contributed by atoms with Crippen LogP contribution in [0.2, 0.25) is 0 Å².